The van der Waals surface area contributed by atoms with E-state index in [0.717, 1.165) is 11.5 Å². The van der Waals surface area contributed by atoms with Crippen LogP contribution in [0.2, 0.25) is 0 Å². The number of aryl methyl sites for hydroxylation is 1. The van der Waals surface area contributed by atoms with E-state index in [1.54, 1.807) is 13.1 Å². The number of aromatic amines is 1. The molecule has 1 amide bonds. The van der Waals surface area contributed by atoms with Gasteiger partial charge < -0.3 is 10.2 Å². The highest BCUT2D eigenvalue weighted by Gasteiger charge is 2.11. The Labute approximate surface area is 105 Å². The molecule has 0 fully saturated rings. The average Bonchev–Trinajstić information content (AvgIpc) is 2.76. The summed E-state index contributed by atoms with van der Waals surface area (Å²) < 4.78 is 0. The number of pyridine rings is 1. The van der Waals surface area contributed by atoms with Crippen molar-refractivity contribution in [1.29, 1.82) is 0 Å². The third-order valence-electron chi connectivity index (χ3n) is 2.54. The minimum atomic E-state index is -0.194. The Morgan fingerprint density at radius 1 is 1.33 bits per heavy atom. The van der Waals surface area contributed by atoms with Crippen LogP contribution in [-0.2, 0) is 0 Å². The molecule has 2 aromatic rings. The summed E-state index contributed by atoms with van der Waals surface area (Å²) in [5.74, 6) is 0.646. The van der Waals surface area contributed by atoms with Crippen LogP contribution in [-0.4, -0.2) is 35.2 Å². The van der Waals surface area contributed by atoms with E-state index in [1.807, 2.05) is 31.1 Å². The van der Waals surface area contributed by atoms with Gasteiger partial charge in [0.05, 0.1) is 23.6 Å². The van der Waals surface area contributed by atoms with Gasteiger partial charge in [-0.05, 0) is 19.1 Å². The van der Waals surface area contributed by atoms with E-state index in [2.05, 4.69) is 20.5 Å². The Kier molecular flexibility index (Phi) is 3.27. The van der Waals surface area contributed by atoms with E-state index in [9.17, 15) is 4.79 Å². The van der Waals surface area contributed by atoms with Crippen LogP contribution in [0.25, 0.3) is 0 Å². The van der Waals surface area contributed by atoms with Crippen LogP contribution in [0.5, 0.6) is 0 Å². The molecule has 2 N–H and O–H groups in total. The fourth-order valence-corrected chi connectivity index (χ4v) is 1.50. The van der Waals surface area contributed by atoms with Gasteiger partial charge in [0.25, 0.3) is 5.91 Å². The Hall–Kier alpha value is -2.37. The van der Waals surface area contributed by atoms with Crippen molar-refractivity contribution >= 4 is 17.4 Å². The monoisotopic (exact) mass is 245 g/mol. The molecule has 0 bridgehead atoms. The van der Waals surface area contributed by atoms with Crippen LogP contribution in [0.1, 0.15) is 16.1 Å². The number of amides is 1. The molecule has 0 radical (unpaired) electrons. The third-order valence-corrected chi connectivity index (χ3v) is 2.54. The van der Waals surface area contributed by atoms with Gasteiger partial charge in [-0.25, -0.2) is 4.98 Å². The van der Waals surface area contributed by atoms with Crippen molar-refractivity contribution in [3.63, 3.8) is 0 Å². The van der Waals surface area contributed by atoms with Gasteiger partial charge in [0.2, 0.25) is 0 Å². The van der Waals surface area contributed by atoms with Crippen molar-refractivity contribution in [2.24, 2.45) is 0 Å². The molecule has 2 rings (SSSR count). The number of aromatic nitrogens is 3. The molecular formula is C12H15N5O. The van der Waals surface area contributed by atoms with Gasteiger partial charge in [0.1, 0.15) is 5.82 Å². The van der Waals surface area contributed by atoms with Crippen molar-refractivity contribution in [3.8, 4) is 0 Å². The Morgan fingerprint density at radius 3 is 2.61 bits per heavy atom. The van der Waals surface area contributed by atoms with Gasteiger partial charge in [-0.15, -0.1) is 0 Å². The lowest BCUT2D eigenvalue weighted by Crippen LogP contribution is -2.14. The fraction of sp³-hybridized carbons (Fsp3) is 0.250. The largest absolute Gasteiger partial charge is 0.363 e. The lowest BCUT2D eigenvalue weighted by Gasteiger charge is -2.11. The SMILES string of the molecule is Cc1[nH]ncc1C(=O)Nc1ccc(N(C)C)nc1. The molecule has 6 nitrogen and oxygen atoms in total. The van der Waals surface area contributed by atoms with Gasteiger partial charge >= 0.3 is 0 Å². The summed E-state index contributed by atoms with van der Waals surface area (Å²) in [6.07, 6.45) is 3.13. The lowest BCUT2D eigenvalue weighted by atomic mass is 10.2. The molecule has 0 atom stereocenters. The molecular weight excluding hydrogens is 230 g/mol. The number of nitrogens with zero attached hydrogens (tertiary/aromatic N) is 3. The second-order valence-electron chi connectivity index (χ2n) is 4.16. The number of hydrogen-bond donors (Lipinski definition) is 2. The van der Waals surface area contributed by atoms with Crippen molar-refractivity contribution in [2.45, 2.75) is 6.92 Å². The zero-order valence-electron chi connectivity index (χ0n) is 10.6. The number of H-pyrrole nitrogens is 1. The van der Waals surface area contributed by atoms with Gasteiger partial charge in [-0.3, -0.25) is 9.89 Å². The number of rotatable bonds is 3. The average molecular weight is 245 g/mol. The summed E-state index contributed by atoms with van der Waals surface area (Å²) in [5, 5.41) is 9.31. The van der Waals surface area contributed by atoms with Gasteiger partial charge in [0.15, 0.2) is 0 Å². The van der Waals surface area contributed by atoms with Crippen molar-refractivity contribution < 1.29 is 4.79 Å². The maximum absolute atomic E-state index is 11.9. The Morgan fingerprint density at radius 2 is 2.11 bits per heavy atom. The van der Waals surface area contributed by atoms with E-state index >= 15 is 0 Å². The first-order valence-corrected chi connectivity index (χ1v) is 5.52. The molecule has 0 aliphatic rings. The molecule has 6 heteroatoms. The normalized spacial score (nSPS) is 10.2. The highest BCUT2D eigenvalue weighted by Crippen LogP contribution is 2.13. The summed E-state index contributed by atoms with van der Waals surface area (Å²) in [6.45, 7) is 1.80. The lowest BCUT2D eigenvalue weighted by molar-refractivity contribution is 0.102. The van der Waals surface area contributed by atoms with E-state index in [4.69, 9.17) is 0 Å². The summed E-state index contributed by atoms with van der Waals surface area (Å²) >= 11 is 0. The first-order valence-electron chi connectivity index (χ1n) is 5.52. The molecule has 0 saturated carbocycles. The molecule has 0 aliphatic carbocycles. The molecule has 0 saturated heterocycles. The maximum atomic E-state index is 11.9. The zero-order valence-corrected chi connectivity index (χ0v) is 10.6. The maximum Gasteiger partial charge on any atom is 0.259 e. The minimum absolute atomic E-state index is 0.194. The minimum Gasteiger partial charge on any atom is -0.363 e. The van der Waals surface area contributed by atoms with Gasteiger partial charge in [-0.2, -0.15) is 5.10 Å². The number of carbonyl (C=O) groups excluding carboxylic acids is 1. The number of nitrogens with one attached hydrogen (secondary N) is 2. The molecule has 2 aromatic heterocycles. The van der Waals surface area contributed by atoms with E-state index in [1.165, 1.54) is 6.20 Å². The van der Waals surface area contributed by atoms with Gasteiger partial charge in [-0.1, -0.05) is 0 Å². The first kappa shape index (κ1) is 12.1. The quantitative estimate of drug-likeness (QED) is 0.858. The van der Waals surface area contributed by atoms with Crippen molar-refractivity contribution in [3.05, 3.63) is 35.8 Å². The van der Waals surface area contributed by atoms with Crippen LogP contribution in [0.15, 0.2) is 24.5 Å². The summed E-state index contributed by atoms with van der Waals surface area (Å²) in [4.78, 5) is 18.0. The fourth-order valence-electron chi connectivity index (χ4n) is 1.50. The highest BCUT2D eigenvalue weighted by molar-refractivity contribution is 6.04. The zero-order chi connectivity index (χ0) is 13.1. The van der Waals surface area contributed by atoms with E-state index < -0.39 is 0 Å². The highest BCUT2D eigenvalue weighted by atomic mass is 16.1. The van der Waals surface area contributed by atoms with E-state index in [-0.39, 0.29) is 5.91 Å². The number of hydrogen-bond acceptors (Lipinski definition) is 4. The molecule has 18 heavy (non-hydrogen) atoms. The molecule has 0 unspecified atom stereocenters. The van der Waals surface area contributed by atoms with Gasteiger partial charge in [0, 0.05) is 19.8 Å². The van der Waals surface area contributed by atoms with Crippen LogP contribution >= 0.6 is 0 Å². The van der Waals surface area contributed by atoms with Crippen molar-refractivity contribution in [2.75, 3.05) is 24.3 Å². The summed E-state index contributed by atoms with van der Waals surface area (Å²) in [7, 11) is 3.82. The second-order valence-corrected chi connectivity index (χ2v) is 4.16. The van der Waals surface area contributed by atoms with E-state index in [0.29, 0.717) is 11.3 Å². The summed E-state index contributed by atoms with van der Waals surface area (Å²) in [6, 6.07) is 3.66. The Bertz CT molecular complexity index is 544. The molecule has 94 valence electrons. The molecule has 0 spiro atoms. The smallest absolute Gasteiger partial charge is 0.259 e. The van der Waals surface area contributed by atoms with Crippen LogP contribution in [0.3, 0.4) is 0 Å². The number of anilines is 2. The summed E-state index contributed by atoms with van der Waals surface area (Å²) in [5.41, 5.74) is 1.93. The Balaban J connectivity index is 2.10. The van der Waals surface area contributed by atoms with Crippen LogP contribution in [0, 0.1) is 6.92 Å². The molecule has 0 aliphatic heterocycles. The molecule has 0 aromatic carbocycles. The first-order chi connectivity index (χ1) is 8.58. The van der Waals surface area contributed by atoms with Crippen LogP contribution in [0.4, 0.5) is 11.5 Å². The predicted molar refractivity (Wildman–Crippen MR) is 69.8 cm³/mol. The standard InChI is InChI=1S/C12H15N5O/c1-8-10(7-14-16-8)12(18)15-9-4-5-11(13-6-9)17(2)3/h4-7H,1-3H3,(H,14,16)(H,15,18). The third kappa shape index (κ3) is 2.48. The van der Waals surface area contributed by atoms with Crippen molar-refractivity contribution in [1.82, 2.24) is 15.2 Å². The predicted octanol–water partition coefficient (Wildman–Crippen LogP) is 1.43. The topological polar surface area (TPSA) is 73.9 Å². The molecule has 2 heterocycles. The number of carbonyl (C=O) groups is 1. The second kappa shape index (κ2) is 4.87. The van der Waals surface area contributed by atoms with Crippen LogP contribution < -0.4 is 10.2 Å².